The van der Waals surface area contributed by atoms with Gasteiger partial charge in [-0.25, -0.2) is 0 Å². The highest BCUT2D eigenvalue weighted by molar-refractivity contribution is 5.05. The first kappa shape index (κ1) is 10.3. The van der Waals surface area contributed by atoms with Crippen molar-refractivity contribution in [3.63, 3.8) is 0 Å². The Hall–Kier alpha value is -0.800. The van der Waals surface area contributed by atoms with Crippen molar-refractivity contribution in [2.75, 3.05) is 6.54 Å². The van der Waals surface area contributed by atoms with Gasteiger partial charge in [-0.3, -0.25) is 0 Å². The third-order valence-electron chi connectivity index (χ3n) is 2.03. The molecule has 1 unspecified atom stereocenters. The number of hydrogen-bond acceptors (Lipinski definition) is 3. The fraction of sp³-hybridized carbons (Fsp3) is 0.600. The van der Waals surface area contributed by atoms with Gasteiger partial charge in [-0.2, -0.15) is 0 Å². The van der Waals surface area contributed by atoms with Crippen LogP contribution >= 0.6 is 0 Å². The summed E-state index contributed by atoms with van der Waals surface area (Å²) in [6.45, 7) is 5.64. The van der Waals surface area contributed by atoms with E-state index in [0.717, 1.165) is 31.0 Å². The van der Waals surface area contributed by atoms with Gasteiger partial charge in [0.15, 0.2) is 0 Å². The quantitative estimate of drug-likeness (QED) is 0.724. The zero-order chi connectivity index (χ0) is 9.68. The summed E-state index contributed by atoms with van der Waals surface area (Å²) >= 11 is 0. The number of rotatable bonds is 5. The van der Waals surface area contributed by atoms with Gasteiger partial charge in [0, 0.05) is 12.6 Å². The van der Waals surface area contributed by atoms with Gasteiger partial charge in [0.2, 0.25) is 0 Å². The van der Waals surface area contributed by atoms with E-state index in [-0.39, 0.29) is 6.04 Å². The maximum absolute atomic E-state index is 5.75. The minimum absolute atomic E-state index is 0.246. The molecule has 74 valence electrons. The summed E-state index contributed by atoms with van der Waals surface area (Å²) in [5.74, 6) is 1.93. The summed E-state index contributed by atoms with van der Waals surface area (Å²) in [7, 11) is 0. The summed E-state index contributed by atoms with van der Waals surface area (Å²) in [6, 6.07) is 4.20. The maximum Gasteiger partial charge on any atom is 0.117 e. The van der Waals surface area contributed by atoms with Crippen LogP contribution in [0.25, 0.3) is 0 Å². The van der Waals surface area contributed by atoms with E-state index in [1.54, 1.807) is 0 Å². The number of nitrogens with two attached hydrogens (primary N) is 1. The molecule has 1 aromatic rings. The van der Waals surface area contributed by atoms with Crippen LogP contribution in [0.3, 0.4) is 0 Å². The first-order valence-corrected chi connectivity index (χ1v) is 4.74. The van der Waals surface area contributed by atoms with Crippen molar-refractivity contribution >= 4 is 0 Å². The predicted molar refractivity (Wildman–Crippen MR) is 53.4 cm³/mol. The van der Waals surface area contributed by atoms with Crippen LogP contribution in [0.15, 0.2) is 16.5 Å². The average molecular weight is 182 g/mol. The fourth-order valence-electron chi connectivity index (χ4n) is 1.11. The second kappa shape index (κ2) is 5.04. The highest BCUT2D eigenvalue weighted by Crippen LogP contribution is 2.05. The molecule has 1 rings (SSSR count). The molecular weight excluding hydrogens is 164 g/mol. The summed E-state index contributed by atoms with van der Waals surface area (Å²) in [6.07, 6.45) is 1.00. The molecule has 3 nitrogen and oxygen atoms in total. The number of hydrogen-bond donors (Lipinski definition) is 2. The van der Waals surface area contributed by atoms with Crippen LogP contribution in [0.4, 0.5) is 0 Å². The lowest BCUT2D eigenvalue weighted by molar-refractivity contribution is 0.452. The molecule has 0 aromatic carbocycles. The lowest BCUT2D eigenvalue weighted by atomic mass is 10.2. The monoisotopic (exact) mass is 182 g/mol. The normalized spacial score (nSPS) is 13.2. The van der Waals surface area contributed by atoms with Gasteiger partial charge in [-0.15, -0.1) is 0 Å². The van der Waals surface area contributed by atoms with Crippen LogP contribution in [0.1, 0.15) is 24.9 Å². The standard InChI is InChI=1S/C10H18N2O/c1-3-9(11)6-12-7-10-5-4-8(2)13-10/h4-5,9,12H,3,6-7,11H2,1-2H3. The lowest BCUT2D eigenvalue weighted by Gasteiger charge is -2.08. The molecule has 1 aromatic heterocycles. The van der Waals surface area contributed by atoms with Gasteiger partial charge in [-0.05, 0) is 25.5 Å². The van der Waals surface area contributed by atoms with Crippen molar-refractivity contribution in [2.24, 2.45) is 5.73 Å². The van der Waals surface area contributed by atoms with Crippen molar-refractivity contribution < 1.29 is 4.42 Å². The van der Waals surface area contributed by atoms with Crippen LogP contribution in [-0.2, 0) is 6.54 Å². The Kier molecular flexibility index (Phi) is 3.99. The molecule has 3 heteroatoms. The molecule has 0 aliphatic carbocycles. The van der Waals surface area contributed by atoms with Crippen LogP contribution in [-0.4, -0.2) is 12.6 Å². The van der Waals surface area contributed by atoms with E-state index in [4.69, 9.17) is 10.2 Å². The van der Waals surface area contributed by atoms with Crippen LogP contribution in [0.5, 0.6) is 0 Å². The minimum Gasteiger partial charge on any atom is -0.465 e. The summed E-state index contributed by atoms with van der Waals surface area (Å²) in [5.41, 5.74) is 5.75. The Labute approximate surface area is 79.3 Å². The molecule has 3 N–H and O–H groups in total. The fourth-order valence-corrected chi connectivity index (χ4v) is 1.11. The van der Waals surface area contributed by atoms with Gasteiger partial charge in [0.1, 0.15) is 11.5 Å². The molecule has 0 radical (unpaired) electrons. The molecule has 0 amide bonds. The molecule has 1 atom stereocenters. The molecule has 0 fully saturated rings. The average Bonchev–Trinajstić information content (AvgIpc) is 2.51. The number of furan rings is 1. The van der Waals surface area contributed by atoms with E-state index >= 15 is 0 Å². The SMILES string of the molecule is CCC(N)CNCc1ccc(C)o1. The molecule has 0 bridgehead atoms. The van der Waals surface area contributed by atoms with Crippen molar-refractivity contribution in [3.8, 4) is 0 Å². The highest BCUT2D eigenvalue weighted by Gasteiger charge is 2.00. The number of nitrogens with one attached hydrogen (secondary N) is 1. The van der Waals surface area contributed by atoms with E-state index in [1.807, 2.05) is 19.1 Å². The van der Waals surface area contributed by atoms with Gasteiger partial charge in [-0.1, -0.05) is 6.92 Å². The molecule has 0 aliphatic rings. The summed E-state index contributed by atoms with van der Waals surface area (Å²) in [5, 5.41) is 3.25. The molecule has 1 heterocycles. The van der Waals surface area contributed by atoms with Crippen molar-refractivity contribution in [1.29, 1.82) is 0 Å². The topological polar surface area (TPSA) is 51.2 Å². The Morgan fingerprint density at radius 2 is 2.31 bits per heavy atom. The van der Waals surface area contributed by atoms with Crippen LogP contribution < -0.4 is 11.1 Å². The van der Waals surface area contributed by atoms with Gasteiger partial charge < -0.3 is 15.5 Å². The van der Waals surface area contributed by atoms with E-state index in [2.05, 4.69) is 12.2 Å². The van der Waals surface area contributed by atoms with E-state index in [1.165, 1.54) is 0 Å². The predicted octanol–water partition coefficient (Wildman–Crippen LogP) is 1.41. The molecule has 0 saturated heterocycles. The highest BCUT2D eigenvalue weighted by atomic mass is 16.3. The van der Waals surface area contributed by atoms with Gasteiger partial charge in [0.05, 0.1) is 6.54 Å². The Morgan fingerprint density at radius 1 is 1.54 bits per heavy atom. The second-order valence-corrected chi connectivity index (χ2v) is 3.31. The zero-order valence-corrected chi connectivity index (χ0v) is 8.34. The van der Waals surface area contributed by atoms with Crippen molar-refractivity contribution in [1.82, 2.24) is 5.32 Å². The maximum atomic E-state index is 5.75. The summed E-state index contributed by atoms with van der Waals surface area (Å²) in [4.78, 5) is 0. The number of aryl methyl sites for hydroxylation is 1. The van der Waals surface area contributed by atoms with Crippen molar-refractivity contribution in [3.05, 3.63) is 23.7 Å². The first-order valence-electron chi connectivity index (χ1n) is 4.74. The second-order valence-electron chi connectivity index (χ2n) is 3.31. The molecule has 0 saturated carbocycles. The van der Waals surface area contributed by atoms with E-state index in [0.29, 0.717) is 0 Å². The van der Waals surface area contributed by atoms with Crippen LogP contribution in [0.2, 0.25) is 0 Å². The third-order valence-corrected chi connectivity index (χ3v) is 2.03. The largest absolute Gasteiger partial charge is 0.465 e. The third kappa shape index (κ3) is 3.61. The smallest absolute Gasteiger partial charge is 0.117 e. The Morgan fingerprint density at radius 3 is 2.85 bits per heavy atom. The molecule has 13 heavy (non-hydrogen) atoms. The molecule has 0 aliphatic heterocycles. The summed E-state index contributed by atoms with van der Waals surface area (Å²) < 4.78 is 5.40. The zero-order valence-electron chi connectivity index (χ0n) is 8.34. The Balaban J connectivity index is 2.20. The van der Waals surface area contributed by atoms with E-state index in [9.17, 15) is 0 Å². The minimum atomic E-state index is 0.246. The molecular formula is C10H18N2O. The van der Waals surface area contributed by atoms with Crippen LogP contribution in [0, 0.1) is 6.92 Å². The lowest BCUT2D eigenvalue weighted by Crippen LogP contribution is -2.32. The van der Waals surface area contributed by atoms with Crippen molar-refractivity contribution in [2.45, 2.75) is 32.9 Å². The van der Waals surface area contributed by atoms with Gasteiger partial charge in [0.25, 0.3) is 0 Å². The molecule has 0 spiro atoms. The van der Waals surface area contributed by atoms with E-state index < -0.39 is 0 Å². The first-order chi connectivity index (χ1) is 6.22. The Bertz CT molecular complexity index is 245. The van der Waals surface area contributed by atoms with Gasteiger partial charge >= 0.3 is 0 Å².